The fourth-order valence-electron chi connectivity index (χ4n) is 3.17. The van der Waals surface area contributed by atoms with Crippen molar-refractivity contribution < 1.29 is 38.2 Å². The second-order valence-electron chi connectivity index (χ2n) is 13.6. The highest BCUT2D eigenvalue weighted by molar-refractivity contribution is 7.99. The van der Waals surface area contributed by atoms with Crippen LogP contribution in [0.2, 0.25) is 51.4 Å². The monoisotopic (exact) mass is 649 g/mol. The van der Waals surface area contributed by atoms with Gasteiger partial charge in [0.25, 0.3) is 0 Å². The Bertz CT molecular complexity index is 886. The predicted molar refractivity (Wildman–Crippen MR) is 173 cm³/mol. The molecule has 0 saturated carbocycles. The molecule has 3 N–H and O–H groups in total. The van der Waals surface area contributed by atoms with Crippen molar-refractivity contribution in [1.29, 1.82) is 0 Å². The van der Waals surface area contributed by atoms with E-state index in [-0.39, 0.29) is 38.4 Å². The Morgan fingerprint density at radius 1 is 0.810 bits per heavy atom. The van der Waals surface area contributed by atoms with Crippen molar-refractivity contribution in [2.24, 2.45) is 0 Å². The normalized spacial score (nSPS) is 13.4. The molecule has 244 valence electrons. The van der Waals surface area contributed by atoms with E-state index in [1.54, 1.807) is 20.8 Å². The molecule has 0 unspecified atom stereocenters. The summed E-state index contributed by atoms with van der Waals surface area (Å²) in [5.74, 6) is -0.796. The molecule has 0 aromatic carbocycles. The first kappa shape index (κ1) is 39.9. The Labute approximate surface area is 258 Å². The summed E-state index contributed by atoms with van der Waals surface area (Å²) in [6, 6.07) is -0.277. The van der Waals surface area contributed by atoms with Gasteiger partial charge in [-0.25, -0.2) is 9.59 Å². The third kappa shape index (κ3) is 22.5. The van der Waals surface area contributed by atoms with Crippen molar-refractivity contribution in [3.63, 3.8) is 0 Å². The van der Waals surface area contributed by atoms with Gasteiger partial charge in [0.2, 0.25) is 11.8 Å². The Kier molecular flexibility index (Phi) is 18.3. The molecule has 0 heterocycles. The molecule has 0 aliphatic rings. The van der Waals surface area contributed by atoms with Crippen LogP contribution in [0.5, 0.6) is 0 Å². The van der Waals surface area contributed by atoms with Gasteiger partial charge in [-0.2, -0.15) is 11.8 Å². The number of carbonyl (C=O) groups is 5. The van der Waals surface area contributed by atoms with Crippen molar-refractivity contribution in [2.75, 3.05) is 31.3 Å². The van der Waals surface area contributed by atoms with E-state index in [9.17, 15) is 24.0 Å². The molecule has 42 heavy (non-hydrogen) atoms. The molecule has 0 rings (SSSR count). The lowest BCUT2D eigenvalue weighted by molar-refractivity contribution is -0.146. The number of amides is 3. The number of hydrogen-bond donors (Lipinski definition) is 3. The number of alkyl carbamates (subject to hydrolysis) is 1. The van der Waals surface area contributed by atoms with Crippen LogP contribution >= 0.6 is 11.8 Å². The number of nitrogens with one attached hydrogen (secondary N) is 3. The van der Waals surface area contributed by atoms with Gasteiger partial charge in [0, 0.05) is 34.9 Å². The molecule has 0 fully saturated rings. The SMILES string of the molecule is CCSC[C@H](NC(=O)CC[C@@H](NC(=O)OC(C)(C)C)C(=O)OCC[Si](C)(C)C)C(=O)NCCC(=O)OCC[Si](C)(C)C. The lowest BCUT2D eigenvalue weighted by Gasteiger charge is -2.24. The molecular weight excluding hydrogens is 595 g/mol. The maximum Gasteiger partial charge on any atom is 0.408 e. The molecule has 11 nitrogen and oxygen atoms in total. The molecular formula is C28H55N3O8SSi2. The van der Waals surface area contributed by atoms with E-state index in [1.807, 2.05) is 6.92 Å². The van der Waals surface area contributed by atoms with Crippen LogP contribution in [0.4, 0.5) is 4.79 Å². The summed E-state index contributed by atoms with van der Waals surface area (Å²) in [6.45, 7) is 20.8. The van der Waals surface area contributed by atoms with Crippen LogP contribution in [0.15, 0.2) is 0 Å². The second-order valence-corrected chi connectivity index (χ2v) is 26.1. The van der Waals surface area contributed by atoms with E-state index < -0.39 is 57.7 Å². The van der Waals surface area contributed by atoms with Crippen LogP contribution in [0, 0.1) is 0 Å². The van der Waals surface area contributed by atoms with Crippen molar-refractivity contribution in [2.45, 2.75) is 116 Å². The fourth-order valence-corrected chi connectivity index (χ4v) is 5.31. The van der Waals surface area contributed by atoms with Gasteiger partial charge in [0.05, 0.1) is 19.6 Å². The van der Waals surface area contributed by atoms with E-state index in [4.69, 9.17) is 14.2 Å². The number of ether oxygens (including phenoxy) is 3. The maximum atomic E-state index is 12.8. The van der Waals surface area contributed by atoms with Crippen LogP contribution in [-0.2, 0) is 33.4 Å². The van der Waals surface area contributed by atoms with Gasteiger partial charge in [-0.05, 0) is 45.0 Å². The number of esters is 2. The molecule has 0 radical (unpaired) electrons. The van der Waals surface area contributed by atoms with Crippen molar-refractivity contribution in [3.8, 4) is 0 Å². The summed E-state index contributed by atoms with van der Waals surface area (Å²) in [6.07, 6.45) is -0.912. The number of carbonyl (C=O) groups excluding carboxylic acids is 5. The van der Waals surface area contributed by atoms with Gasteiger partial charge < -0.3 is 30.2 Å². The van der Waals surface area contributed by atoms with Gasteiger partial charge >= 0.3 is 18.0 Å². The first-order valence-electron chi connectivity index (χ1n) is 14.7. The van der Waals surface area contributed by atoms with Gasteiger partial charge in [-0.15, -0.1) is 0 Å². The van der Waals surface area contributed by atoms with Crippen LogP contribution in [0.3, 0.4) is 0 Å². The zero-order valence-corrected chi connectivity index (χ0v) is 30.2. The zero-order valence-electron chi connectivity index (χ0n) is 27.4. The molecule has 0 spiro atoms. The third-order valence-corrected chi connectivity index (χ3v) is 10.0. The molecule has 0 aliphatic heterocycles. The Hall–Kier alpha value is -2.07. The molecule has 0 aliphatic carbocycles. The Morgan fingerprint density at radius 3 is 1.90 bits per heavy atom. The highest BCUT2D eigenvalue weighted by Gasteiger charge is 2.28. The summed E-state index contributed by atoms with van der Waals surface area (Å²) in [5.41, 5.74) is -0.768. The first-order valence-corrected chi connectivity index (χ1v) is 23.3. The Balaban J connectivity index is 5.07. The van der Waals surface area contributed by atoms with Crippen LogP contribution in [0.25, 0.3) is 0 Å². The van der Waals surface area contributed by atoms with Gasteiger partial charge in [-0.3, -0.25) is 14.4 Å². The van der Waals surface area contributed by atoms with E-state index in [0.717, 1.165) is 17.8 Å². The molecule has 0 aromatic heterocycles. The minimum absolute atomic E-state index is 0.0324. The summed E-state index contributed by atoms with van der Waals surface area (Å²) >= 11 is 1.49. The minimum Gasteiger partial charge on any atom is -0.466 e. The van der Waals surface area contributed by atoms with E-state index in [1.165, 1.54) is 11.8 Å². The third-order valence-electron chi connectivity index (χ3n) is 5.62. The summed E-state index contributed by atoms with van der Waals surface area (Å²) < 4.78 is 15.9. The summed E-state index contributed by atoms with van der Waals surface area (Å²) in [7, 11) is -2.76. The highest BCUT2D eigenvalue weighted by atomic mass is 32.2. The number of rotatable bonds is 19. The quantitative estimate of drug-likeness (QED) is 0.107. The maximum absolute atomic E-state index is 12.8. The summed E-state index contributed by atoms with van der Waals surface area (Å²) in [5, 5.41) is 7.93. The zero-order chi connectivity index (χ0) is 32.6. The number of hydrogen-bond acceptors (Lipinski definition) is 9. The molecule has 0 aromatic rings. The van der Waals surface area contributed by atoms with E-state index in [2.05, 4.69) is 55.2 Å². The van der Waals surface area contributed by atoms with Crippen LogP contribution < -0.4 is 16.0 Å². The molecule has 0 saturated heterocycles. The van der Waals surface area contributed by atoms with Gasteiger partial charge in [0.15, 0.2) is 0 Å². The van der Waals surface area contributed by atoms with Crippen molar-refractivity contribution >= 4 is 57.8 Å². The fraction of sp³-hybridized carbons (Fsp3) is 0.821. The first-order chi connectivity index (χ1) is 19.2. The topological polar surface area (TPSA) is 149 Å². The molecule has 0 bridgehead atoms. The Morgan fingerprint density at radius 2 is 1.38 bits per heavy atom. The van der Waals surface area contributed by atoms with Crippen molar-refractivity contribution in [1.82, 2.24) is 16.0 Å². The van der Waals surface area contributed by atoms with Gasteiger partial charge in [0.1, 0.15) is 17.7 Å². The second kappa shape index (κ2) is 19.3. The average molecular weight is 650 g/mol. The number of thioether (sulfide) groups is 1. The standard InChI is InChI=1S/C28H55N3O8SSi2/c1-11-40-20-22(25(34)29-15-14-24(33)37-16-18-41(5,6)7)30-23(32)13-12-21(31-27(36)39-28(2,3)4)26(35)38-17-19-42(8,9)10/h21-22H,11-20H2,1-10H3,(H,29,34)(H,30,32)(H,31,36)/t21-,22+/m1/s1. The summed E-state index contributed by atoms with van der Waals surface area (Å²) in [4.78, 5) is 62.8. The molecule has 14 heteroatoms. The molecule has 3 amide bonds. The lowest BCUT2D eigenvalue weighted by Crippen LogP contribution is -2.49. The largest absolute Gasteiger partial charge is 0.466 e. The highest BCUT2D eigenvalue weighted by Crippen LogP contribution is 2.12. The van der Waals surface area contributed by atoms with E-state index >= 15 is 0 Å². The molecule has 2 atom stereocenters. The predicted octanol–water partition coefficient (Wildman–Crippen LogP) is 4.17. The smallest absolute Gasteiger partial charge is 0.408 e. The van der Waals surface area contributed by atoms with Crippen LogP contribution in [0.1, 0.15) is 47.0 Å². The average Bonchev–Trinajstić information content (AvgIpc) is 2.81. The van der Waals surface area contributed by atoms with Gasteiger partial charge in [-0.1, -0.05) is 46.2 Å². The minimum atomic E-state index is -1.45. The van der Waals surface area contributed by atoms with Crippen LogP contribution in [-0.4, -0.2) is 94.9 Å². The van der Waals surface area contributed by atoms with Crippen molar-refractivity contribution in [3.05, 3.63) is 0 Å². The lowest BCUT2D eigenvalue weighted by atomic mass is 10.1. The van der Waals surface area contributed by atoms with E-state index in [0.29, 0.717) is 12.4 Å².